The quantitative estimate of drug-likeness (QED) is 0.396. The van der Waals surface area contributed by atoms with Gasteiger partial charge >= 0.3 is 5.97 Å². The highest BCUT2D eigenvalue weighted by atomic mass is 79.9. The number of hydrogen-bond acceptors (Lipinski definition) is 3. The van der Waals surface area contributed by atoms with E-state index < -0.39 is 5.97 Å². The zero-order valence-corrected chi connectivity index (χ0v) is 17.8. The van der Waals surface area contributed by atoms with Crippen LogP contribution in [0.1, 0.15) is 21.5 Å². The van der Waals surface area contributed by atoms with Crippen molar-refractivity contribution in [3.05, 3.63) is 92.1 Å². The van der Waals surface area contributed by atoms with E-state index in [4.69, 9.17) is 9.84 Å². The summed E-state index contributed by atoms with van der Waals surface area (Å²) in [4.78, 5) is 11.1. The van der Waals surface area contributed by atoms with Crippen LogP contribution in [0, 0.1) is 5.82 Å². The SMILES string of the molecule is O=C(O)c1cccc(NCc2cc(Br)cc(Br)c2OCc2ccccc2F)c1. The molecule has 0 aromatic heterocycles. The average Bonchev–Trinajstić information content (AvgIpc) is 2.67. The number of carboxylic acid groups (broad SMARTS) is 1. The highest BCUT2D eigenvalue weighted by Gasteiger charge is 2.12. The Morgan fingerprint density at radius 1 is 1.04 bits per heavy atom. The lowest BCUT2D eigenvalue weighted by molar-refractivity contribution is 0.0697. The molecule has 0 saturated heterocycles. The Morgan fingerprint density at radius 2 is 1.82 bits per heavy atom. The molecule has 0 heterocycles. The summed E-state index contributed by atoms with van der Waals surface area (Å²) >= 11 is 6.95. The minimum absolute atomic E-state index is 0.0917. The van der Waals surface area contributed by atoms with Crippen LogP contribution in [0.3, 0.4) is 0 Å². The summed E-state index contributed by atoms with van der Waals surface area (Å²) in [5.41, 5.74) is 2.18. The zero-order chi connectivity index (χ0) is 20.1. The van der Waals surface area contributed by atoms with Crippen LogP contribution in [0.25, 0.3) is 0 Å². The van der Waals surface area contributed by atoms with Crippen molar-refractivity contribution in [3.8, 4) is 5.75 Å². The fraction of sp³-hybridized carbons (Fsp3) is 0.0952. The van der Waals surface area contributed by atoms with E-state index in [9.17, 15) is 9.18 Å². The molecule has 4 nitrogen and oxygen atoms in total. The lowest BCUT2D eigenvalue weighted by Gasteiger charge is -2.16. The first-order valence-electron chi connectivity index (χ1n) is 8.35. The Balaban J connectivity index is 1.79. The number of ether oxygens (including phenoxy) is 1. The van der Waals surface area contributed by atoms with E-state index in [1.807, 2.05) is 12.1 Å². The van der Waals surface area contributed by atoms with Crippen LogP contribution in [-0.2, 0) is 13.2 Å². The summed E-state index contributed by atoms with van der Waals surface area (Å²) in [5.74, 6) is -0.711. The van der Waals surface area contributed by atoms with Gasteiger partial charge in [0.2, 0.25) is 0 Å². The van der Waals surface area contributed by atoms with E-state index in [2.05, 4.69) is 37.2 Å². The number of nitrogens with one attached hydrogen (secondary N) is 1. The van der Waals surface area contributed by atoms with E-state index >= 15 is 0 Å². The maximum absolute atomic E-state index is 13.9. The van der Waals surface area contributed by atoms with Gasteiger partial charge in [0, 0.05) is 27.8 Å². The van der Waals surface area contributed by atoms with Crippen molar-refractivity contribution in [1.29, 1.82) is 0 Å². The maximum atomic E-state index is 13.9. The minimum atomic E-state index is -0.984. The number of aromatic carboxylic acids is 1. The standard InChI is InChI=1S/C21H16Br2FNO3/c22-16-8-15(11-25-17-6-3-5-13(9-17)21(26)27)20(18(23)10-16)28-12-14-4-1-2-7-19(14)24/h1-10,25H,11-12H2,(H,26,27). The predicted molar refractivity (Wildman–Crippen MR) is 113 cm³/mol. The third kappa shape index (κ3) is 5.11. The van der Waals surface area contributed by atoms with Crippen LogP contribution >= 0.6 is 31.9 Å². The number of benzene rings is 3. The molecule has 0 amide bonds. The molecule has 0 aliphatic heterocycles. The molecule has 3 aromatic rings. The molecule has 2 N–H and O–H groups in total. The summed E-state index contributed by atoms with van der Waals surface area (Å²) in [6, 6.07) is 16.8. The van der Waals surface area contributed by atoms with Crippen molar-refractivity contribution in [3.63, 3.8) is 0 Å². The van der Waals surface area contributed by atoms with Gasteiger partial charge in [0.1, 0.15) is 18.2 Å². The number of carboxylic acids is 1. The van der Waals surface area contributed by atoms with Crippen LogP contribution in [0.4, 0.5) is 10.1 Å². The van der Waals surface area contributed by atoms with Crippen LogP contribution in [0.5, 0.6) is 5.75 Å². The summed E-state index contributed by atoms with van der Waals surface area (Å²) < 4.78 is 21.4. The third-order valence-electron chi connectivity index (χ3n) is 4.01. The van der Waals surface area contributed by atoms with E-state index in [1.54, 1.807) is 36.4 Å². The second-order valence-corrected chi connectivity index (χ2v) is 7.77. The van der Waals surface area contributed by atoms with Crippen molar-refractivity contribution in [2.24, 2.45) is 0 Å². The lowest BCUT2D eigenvalue weighted by atomic mass is 10.1. The Labute approximate surface area is 178 Å². The molecule has 28 heavy (non-hydrogen) atoms. The van der Waals surface area contributed by atoms with Gasteiger partial charge in [-0.15, -0.1) is 0 Å². The van der Waals surface area contributed by atoms with Crippen LogP contribution in [-0.4, -0.2) is 11.1 Å². The molecule has 0 bridgehead atoms. The maximum Gasteiger partial charge on any atom is 0.335 e. The smallest absolute Gasteiger partial charge is 0.335 e. The fourth-order valence-corrected chi connectivity index (χ4v) is 4.06. The second kappa shape index (κ2) is 9.21. The topological polar surface area (TPSA) is 58.6 Å². The molecular formula is C21H16Br2FNO3. The van der Waals surface area contributed by atoms with E-state index in [0.29, 0.717) is 23.5 Å². The molecule has 0 aliphatic carbocycles. The van der Waals surface area contributed by atoms with Crippen molar-refractivity contribution in [2.45, 2.75) is 13.2 Å². The summed E-state index contributed by atoms with van der Waals surface area (Å²) in [7, 11) is 0. The molecule has 0 unspecified atom stereocenters. The lowest BCUT2D eigenvalue weighted by Crippen LogP contribution is -2.06. The molecule has 0 spiro atoms. The van der Waals surface area contributed by atoms with Gasteiger partial charge in [-0.3, -0.25) is 0 Å². The number of hydrogen-bond donors (Lipinski definition) is 2. The Morgan fingerprint density at radius 3 is 2.57 bits per heavy atom. The molecular weight excluding hydrogens is 493 g/mol. The molecule has 3 aromatic carbocycles. The van der Waals surface area contributed by atoms with Gasteiger partial charge < -0.3 is 15.2 Å². The van der Waals surface area contributed by atoms with Crippen LogP contribution in [0.2, 0.25) is 0 Å². The molecule has 0 atom stereocenters. The van der Waals surface area contributed by atoms with Crippen molar-refractivity contribution in [2.75, 3.05) is 5.32 Å². The highest BCUT2D eigenvalue weighted by molar-refractivity contribution is 9.11. The minimum Gasteiger partial charge on any atom is -0.487 e. The first-order chi connectivity index (χ1) is 13.4. The first-order valence-corrected chi connectivity index (χ1v) is 9.94. The summed E-state index contributed by atoms with van der Waals surface area (Å²) in [6.45, 7) is 0.488. The van der Waals surface area contributed by atoms with Crippen LogP contribution in [0.15, 0.2) is 69.6 Å². The van der Waals surface area contributed by atoms with Gasteiger partial charge in [0.25, 0.3) is 0 Å². The largest absolute Gasteiger partial charge is 0.487 e. The van der Waals surface area contributed by atoms with Gasteiger partial charge in [0.15, 0.2) is 0 Å². The number of rotatable bonds is 7. The molecule has 7 heteroatoms. The summed E-state index contributed by atoms with van der Waals surface area (Å²) in [6.07, 6.45) is 0. The molecule has 0 saturated carbocycles. The molecule has 3 rings (SSSR count). The average molecular weight is 509 g/mol. The van der Waals surface area contributed by atoms with E-state index in [1.165, 1.54) is 12.1 Å². The molecule has 0 aliphatic rings. The zero-order valence-electron chi connectivity index (χ0n) is 14.6. The Hall–Kier alpha value is -2.38. The fourth-order valence-electron chi connectivity index (χ4n) is 2.63. The second-order valence-electron chi connectivity index (χ2n) is 6.00. The van der Waals surface area contributed by atoms with Gasteiger partial charge in [-0.1, -0.05) is 40.2 Å². The van der Waals surface area contributed by atoms with E-state index in [-0.39, 0.29) is 18.0 Å². The van der Waals surface area contributed by atoms with E-state index in [0.717, 1.165) is 14.5 Å². The predicted octanol–water partition coefficient (Wildman–Crippen LogP) is 6.24. The summed E-state index contributed by atoms with van der Waals surface area (Å²) in [5, 5.41) is 12.3. The van der Waals surface area contributed by atoms with Gasteiger partial charge in [-0.25, -0.2) is 9.18 Å². The Bertz CT molecular complexity index is 1010. The Kier molecular flexibility index (Phi) is 6.70. The number of anilines is 1. The molecule has 0 fully saturated rings. The van der Waals surface area contributed by atoms with Crippen molar-refractivity contribution >= 4 is 43.5 Å². The van der Waals surface area contributed by atoms with Crippen molar-refractivity contribution in [1.82, 2.24) is 0 Å². The monoisotopic (exact) mass is 507 g/mol. The number of carbonyl (C=O) groups is 1. The molecule has 144 valence electrons. The van der Waals surface area contributed by atoms with Gasteiger partial charge in [-0.2, -0.15) is 0 Å². The van der Waals surface area contributed by atoms with Gasteiger partial charge in [-0.05, 0) is 52.3 Å². The first kappa shape index (κ1) is 20.4. The third-order valence-corrected chi connectivity index (χ3v) is 5.05. The van der Waals surface area contributed by atoms with Crippen LogP contribution < -0.4 is 10.1 Å². The highest BCUT2D eigenvalue weighted by Crippen LogP contribution is 2.34. The molecule has 0 radical (unpaired) electrons. The normalized spacial score (nSPS) is 10.5. The van der Waals surface area contributed by atoms with Gasteiger partial charge in [0.05, 0.1) is 10.0 Å². The van der Waals surface area contributed by atoms with Crippen molar-refractivity contribution < 1.29 is 19.0 Å². The number of halogens is 3.